The van der Waals surface area contributed by atoms with Crippen molar-refractivity contribution in [2.45, 2.75) is 300 Å². The molecular formula is C63H100O28. The first-order valence-corrected chi connectivity index (χ1v) is 32.3. The van der Waals surface area contributed by atoms with E-state index in [1.165, 1.54) is 27.7 Å². The van der Waals surface area contributed by atoms with E-state index in [4.69, 9.17) is 56.8 Å². The van der Waals surface area contributed by atoms with E-state index in [-0.39, 0.29) is 36.5 Å². The third-order valence-electron chi connectivity index (χ3n) is 23.7. The van der Waals surface area contributed by atoms with E-state index in [0.717, 1.165) is 19.4 Å². The summed E-state index contributed by atoms with van der Waals surface area (Å²) in [6, 6.07) is 0. The molecule has 28 nitrogen and oxygen atoms in total. The number of esters is 3. The van der Waals surface area contributed by atoms with Crippen molar-refractivity contribution in [3.63, 3.8) is 0 Å². The van der Waals surface area contributed by atoms with E-state index in [2.05, 4.69) is 40.7 Å². The first kappa shape index (κ1) is 71.1. The summed E-state index contributed by atoms with van der Waals surface area (Å²) in [5.74, 6) is -3.58. The van der Waals surface area contributed by atoms with Gasteiger partial charge in [-0.05, 0) is 118 Å². The molecule has 0 bridgehead atoms. The van der Waals surface area contributed by atoms with Gasteiger partial charge in [0.05, 0.1) is 55.9 Å². The second kappa shape index (κ2) is 25.9. The molecule has 0 radical (unpaired) electrons. The van der Waals surface area contributed by atoms with Crippen LogP contribution >= 0.6 is 0 Å². The Balaban J connectivity index is 0.895. The van der Waals surface area contributed by atoms with Crippen LogP contribution in [0.15, 0.2) is 11.6 Å². The molecule has 5 heterocycles. The zero-order valence-corrected chi connectivity index (χ0v) is 53.9. The van der Waals surface area contributed by atoms with Crippen molar-refractivity contribution in [3.05, 3.63) is 11.6 Å². The van der Waals surface area contributed by atoms with Gasteiger partial charge >= 0.3 is 17.9 Å². The third kappa shape index (κ3) is 12.1. The van der Waals surface area contributed by atoms with E-state index in [1.807, 2.05) is 6.92 Å². The fraction of sp³-hybridized carbons (Fsp3) is 0.921. The van der Waals surface area contributed by atoms with Gasteiger partial charge in [0.2, 0.25) is 6.29 Å². The fourth-order valence-electron chi connectivity index (χ4n) is 18.4. The van der Waals surface area contributed by atoms with Gasteiger partial charge in [-0.15, -0.1) is 0 Å². The molecule has 35 atom stereocenters. The SMILES string of the molecule is CC(=O)O[C@@H]1[C@H](O)[C@@H](O[C@@H]2O[C@@H](C)[C@H](O[C@H]3OC[C@@H](O[C@H]4O[C@@H](C)[C@H](O)[C@@H](O)[C@H]4O)[C@H](O)[C@H]3O)[C@@H](OC(C)=O)[C@H]2O)[C@@H](OC(=O)[C@]23CCC(C)(C)CC2C2=CCC4[C@@]5(C)C[C@H](O)[C@H](O[C@@H]6O[C@@H](C)[C@H](O)[C@@H](O)[C@H]6O)[C@@](C)(CO)C5CC[C@@]4(C)[C@]2(C)C[C@H]3O)O[C@H]1C. The average molecular weight is 1310 g/mol. The molecule has 0 aromatic heterocycles. The topological polar surface area (TPSA) is 425 Å². The molecule has 520 valence electrons. The first-order chi connectivity index (χ1) is 42.4. The van der Waals surface area contributed by atoms with Crippen molar-refractivity contribution in [2.24, 2.45) is 50.2 Å². The van der Waals surface area contributed by atoms with Crippen molar-refractivity contribution >= 4 is 17.9 Å². The minimum Gasteiger partial charge on any atom is -0.457 e. The molecule has 0 aromatic carbocycles. The normalized spacial score (nSPS) is 53.9. The monoisotopic (exact) mass is 1300 g/mol. The summed E-state index contributed by atoms with van der Waals surface area (Å²) in [4.78, 5) is 41.1. The molecule has 28 heteroatoms. The number of aliphatic hydroxyl groups excluding tert-OH is 13. The number of allylic oxidation sites excluding steroid dienone is 2. The quantitative estimate of drug-likeness (QED) is 0.0436. The number of carbonyl (C=O) groups is 3. The van der Waals surface area contributed by atoms with Crippen LogP contribution in [0.1, 0.15) is 134 Å². The number of fused-ring (bicyclic) bond motifs is 7. The average Bonchev–Trinajstić information content (AvgIpc) is 0.674. The largest absolute Gasteiger partial charge is 0.457 e. The lowest BCUT2D eigenvalue weighted by molar-refractivity contribution is -0.378. The maximum Gasteiger partial charge on any atom is 0.317 e. The Morgan fingerprint density at radius 3 is 1.67 bits per heavy atom. The predicted octanol–water partition coefficient (Wildman–Crippen LogP) is -1.41. The summed E-state index contributed by atoms with van der Waals surface area (Å²) < 4.78 is 71.8. The van der Waals surface area contributed by atoms with Crippen molar-refractivity contribution < 1.29 is 138 Å². The Morgan fingerprint density at radius 1 is 0.527 bits per heavy atom. The first-order valence-electron chi connectivity index (χ1n) is 32.3. The van der Waals surface area contributed by atoms with E-state index in [9.17, 15) is 76.0 Å². The smallest absolute Gasteiger partial charge is 0.317 e. The van der Waals surface area contributed by atoms with Crippen LogP contribution in [0.4, 0.5) is 0 Å². The number of hydrogen-bond donors (Lipinski definition) is 13. The van der Waals surface area contributed by atoms with Crippen LogP contribution in [0.2, 0.25) is 0 Å². The van der Waals surface area contributed by atoms with E-state index in [0.29, 0.717) is 32.1 Å². The lowest BCUT2D eigenvalue weighted by atomic mass is 9.33. The summed E-state index contributed by atoms with van der Waals surface area (Å²) >= 11 is 0. The second-order valence-corrected chi connectivity index (χ2v) is 29.8. The van der Waals surface area contributed by atoms with Gasteiger partial charge < -0.3 is 123 Å². The van der Waals surface area contributed by atoms with Crippen molar-refractivity contribution in [2.75, 3.05) is 13.2 Å². The van der Waals surface area contributed by atoms with E-state index >= 15 is 4.79 Å². The molecule has 10 rings (SSSR count). The lowest BCUT2D eigenvalue weighted by Crippen LogP contribution is -2.70. The lowest BCUT2D eigenvalue weighted by Gasteiger charge is -2.72. The van der Waals surface area contributed by atoms with Gasteiger partial charge in [0.1, 0.15) is 78.7 Å². The molecule has 5 aliphatic heterocycles. The van der Waals surface area contributed by atoms with Crippen LogP contribution in [-0.4, -0.2) is 263 Å². The standard InChI is InChI=1S/C63H100O28/c1-24-37(69)40(72)43(75)53(81-24)87-33-22-80-52(42(74)39(33)71)88-48-27(4)83-55(46(78)49(48)86-29(6)66)89-50-45(77)47(85-28(5)65)26(3)84-56(50)91-57(79)63-18-17-58(7,8)19-31(63)30-13-14-35-59(9)20-32(67)51(90-54-44(76)41(73)38(70)25(2)82-54)60(10,23-64)34(59)15-16-61(35,11)62(30,12)21-36(63)68/h13,24-27,31-56,64,67-78H,14-23H2,1-12H3/t24-,25-,26-,27-,31?,32-,33+,34?,35?,36+,37-,38-,39-,40+,41+,42+,43+,44+,45-,46+,47-,48-,49-,50+,51-,52+,53+,54-,55-,56+,59-,60-,61+,62+,63+/m0/s1. The predicted molar refractivity (Wildman–Crippen MR) is 307 cm³/mol. The molecule has 0 spiro atoms. The molecule has 4 saturated carbocycles. The molecule has 3 unspecified atom stereocenters. The number of aliphatic hydroxyl groups is 13. The van der Waals surface area contributed by atoms with Gasteiger partial charge in [-0.1, -0.05) is 53.2 Å². The maximum atomic E-state index is 15.8. The Morgan fingerprint density at radius 2 is 1.07 bits per heavy atom. The van der Waals surface area contributed by atoms with Gasteiger partial charge in [-0.2, -0.15) is 0 Å². The molecule has 0 amide bonds. The summed E-state index contributed by atoms with van der Waals surface area (Å²) in [5.41, 5.74) is -4.02. The molecule has 5 aliphatic carbocycles. The fourth-order valence-corrected chi connectivity index (χ4v) is 18.4. The Kier molecular flexibility index (Phi) is 20.2. The van der Waals surface area contributed by atoms with Crippen molar-refractivity contribution in [1.29, 1.82) is 0 Å². The van der Waals surface area contributed by atoms with Gasteiger partial charge in [0.15, 0.2) is 43.5 Å². The summed E-state index contributed by atoms with van der Waals surface area (Å²) in [6.45, 7) is 19.7. The molecule has 5 saturated heterocycles. The van der Waals surface area contributed by atoms with E-state index < -0.39 is 230 Å². The summed E-state index contributed by atoms with van der Waals surface area (Å²) in [6.07, 6.45) is -35.6. The van der Waals surface area contributed by atoms with Crippen LogP contribution in [0.5, 0.6) is 0 Å². The Bertz CT molecular complexity index is 2650. The maximum absolute atomic E-state index is 15.8. The highest BCUT2D eigenvalue weighted by molar-refractivity contribution is 5.80. The second-order valence-electron chi connectivity index (χ2n) is 29.8. The van der Waals surface area contributed by atoms with Crippen LogP contribution in [-0.2, 0) is 71.2 Å². The highest BCUT2D eigenvalue weighted by atomic mass is 16.8. The van der Waals surface area contributed by atoms with Gasteiger partial charge in [0.25, 0.3) is 0 Å². The Labute approximate surface area is 529 Å². The summed E-state index contributed by atoms with van der Waals surface area (Å²) in [7, 11) is 0. The van der Waals surface area contributed by atoms with E-state index in [1.54, 1.807) is 0 Å². The highest BCUT2D eigenvalue weighted by Gasteiger charge is 2.73. The minimum atomic E-state index is -2.00. The number of ether oxygens (including phenoxy) is 12. The van der Waals surface area contributed by atoms with Crippen LogP contribution in [0, 0.1) is 50.2 Å². The van der Waals surface area contributed by atoms with Gasteiger partial charge in [-0.3, -0.25) is 14.4 Å². The molecule has 0 aromatic rings. The van der Waals surface area contributed by atoms with Crippen molar-refractivity contribution in [1.82, 2.24) is 0 Å². The summed E-state index contributed by atoms with van der Waals surface area (Å²) in [5, 5.41) is 147. The van der Waals surface area contributed by atoms with Crippen LogP contribution in [0.25, 0.3) is 0 Å². The van der Waals surface area contributed by atoms with Crippen LogP contribution in [0.3, 0.4) is 0 Å². The molecule has 9 fully saturated rings. The van der Waals surface area contributed by atoms with Crippen molar-refractivity contribution in [3.8, 4) is 0 Å². The third-order valence-corrected chi connectivity index (χ3v) is 23.7. The van der Waals surface area contributed by atoms with Gasteiger partial charge in [-0.25, -0.2) is 0 Å². The molecule has 91 heavy (non-hydrogen) atoms. The zero-order chi connectivity index (χ0) is 66.9. The number of rotatable bonds is 13. The minimum absolute atomic E-state index is 0.110. The highest BCUT2D eigenvalue weighted by Crippen LogP contribution is 2.76. The zero-order valence-electron chi connectivity index (χ0n) is 53.9. The Hall–Kier alpha value is -2.73. The number of carbonyl (C=O) groups excluding carboxylic acids is 3. The molecular weight excluding hydrogens is 1200 g/mol. The van der Waals surface area contributed by atoms with Crippen LogP contribution < -0.4 is 0 Å². The molecule has 13 N–H and O–H groups in total. The number of hydrogen-bond acceptors (Lipinski definition) is 28. The van der Waals surface area contributed by atoms with Gasteiger partial charge in [0, 0.05) is 19.3 Å². The molecule has 10 aliphatic rings.